The van der Waals surface area contributed by atoms with Crippen LogP contribution in [0.5, 0.6) is 0 Å². The summed E-state index contributed by atoms with van der Waals surface area (Å²) in [4.78, 5) is 12.2. The average Bonchev–Trinajstić information content (AvgIpc) is 2.99. The van der Waals surface area contributed by atoms with Gasteiger partial charge in [-0.05, 0) is 42.9 Å². The lowest BCUT2D eigenvalue weighted by molar-refractivity contribution is -0.121. The minimum atomic E-state index is -0.0525. The lowest BCUT2D eigenvalue weighted by atomic mass is 10.1. The number of aromatic nitrogens is 3. The highest BCUT2D eigenvalue weighted by molar-refractivity contribution is 7.71. The summed E-state index contributed by atoms with van der Waals surface area (Å²) in [7, 11) is 0. The molecule has 0 aliphatic heterocycles. The molecule has 3 aromatic rings. The average molecular weight is 387 g/mol. The van der Waals surface area contributed by atoms with Gasteiger partial charge in [-0.2, -0.15) is 5.10 Å². The van der Waals surface area contributed by atoms with Crippen molar-refractivity contribution >= 4 is 29.7 Å². The number of hydrogen-bond donors (Lipinski definition) is 2. The maximum Gasteiger partial charge on any atom is 0.222 e. The summed E-state index contributed by atoms with van der Waals surface area (Å²) in [5.74, 6) is 0.685. The van der Waals surface area contributed by atoms with Crippen LogP contribution >= 0.6 is 23.8 Å². The van der Waals surface area contributed by atoms with Crippen LogP contribution in [0.15, 0.2) is 48.5 Å². The fourth-order valence-electron chi connectivity index (χ4n) is 2.68. The molecule has 0 radical (unpaired) electrons. The molecule has 1 aromatic heterocycles. The highest BCUT2D eigenvalue weighted by atomic mass is 35.5. The van der Waals surface area contributed by atoms with Crippen LogP contribution in [0.2, 0.25) is 5.02 Å². The van der Waals surface area contributed by atoms with Crippen molar-refractivity contribution in [2.45, 2.75) is 26.4 Å². The first-order valence-corrected chi connectivity index (χ1v) is 9.05. The number of benzene rings is 2. The fraction of sp³-hybridized carbons (Fsp3) is 0.211. The zero-order valence-corrected chi connectivity index (χ0v) is 15.9. The number of aromatic amines is 1. The predicted octanol–water partition coefficient (Wildman–Crippen LogP) is 4.28. The first-order chi connectivity index (χ1) is 12.5. The molecule has 0 fully saturated rings. The lowest BCUT2D eigenvalue weighted by Crippen LogP contribution is -2.24. The summed E-state index contributed by atoms with van der Waals surface area (Å²) < 4.78 is 2.35. The molecular formula is C19H19ClN4OS. The van der Waals surface area contributed by atoms with E-state index >= 15 is 0 Å². The number of amides is 1. The number of halogens is 1. The SMILES string of the molecule is Cc1cccc(-c2n[nH]c(=S)n2CCC(=O)NCc2cccc(Cl)c2)c1. The van der Waals surface area contributed by atoms with Crippen molar-refractivity contribution in [1.29, 1.82) is 0 Å². The van der Waals surface area contributed by atoms with Crippen molar-refractivity contribution in [2.24, 2.45) is 0 Å². The molecule has 26 heavy (non-hydrogen) atoms. The molecule has 7 heteroatoms. The summed E-state index contributed by atoms with van der Waals surface area (Å²) >= 11 is 11.3. The standard InChI is InChI=1S/C19H19ClN4OS/c1-13-4-2-6-15(10-13)18-22-23-19(26)24(18)9-8-17(25)21-12-14-5-3-7-16(20)11-14/h2-7,10-11H,8-9,12H2,1H3,(H,21,25)(H,23,26). The Morgan fingerprint density at radius 2 is 2.08 bits per heavy atom. The Bertz CT molecular complexity index is 979. The van der Waals surface area contributed by atoms with Gasteiger partial charge in [0.25, 0.3) is 0 Å². The first-order valence-electron chi connectivity index (χ1n) is 8.26. The Morgan fingerprint density at radius 3 is 2.85 bits per heavy atom. The predicted molar refractivity (Wildman–Crippen MR) is 106 cm³/mol. The van der Waals surface area contributed by atoms with Crippen molar-refractivity contribution in [3.63, 3.8) is 0 Å². The molecule has 5 nitrogen and oxygen atoms in total. The van der Waals surface area contributed by atoms with Gasteiger partial charge in [-0.1, -0.05) is 47.5 Å². The molecule has 0 unspecified atom stereocenters. The number of aryl methyl sites for hydroxylation is 1. The molecule has 0 spiro atoms. The quantitative estimate of drug-likeness (QED) is 0.621. The maximum atomic E-state index is 12.2. The Balaban J connectivity index is 1.64. The molecule has 134 valence electrons. The van der Waals surface area contributed by atoms with Gasteiger partial charge in [-0.3, -0.25) is 14.5 Å². The number of carbonyl (C=O) groups excluding carboxylic acids is 1. The normalized spacial score (nSPS) is 10.7. The van der Waals surface area contributed by atoms with E-state index < -0.39 is 0 Å². The second-order valence-electron chi connectivity index (χ2n) is 6.03. The van der Waals surface area contributed by atoms with Gasteiger partial charge in [-0.25, -0.2) is 0 Å². The molecule has 1 heterocycles. The van der Waals surface area contributed by atoms with E-state index in [0.717, 1.165) is 22.5 Å². The Labute approximate surface area is 162 Å². The number of carbonyl (C=O) groups is 1. The molecule has 2 N–H and O–H groups in total. The van der Waals surface area contributed by atoms with Gasteiger partial charge < -0.3 is 5.32 Å². The molecule has 0 bridgehead atoms. The molecule has 0 saturated carbocycles. The van der Waals surface area contributed by atoms with Crippen molar-refractivity contribution < 1.29 is 4.79 Å². The zero-order valence-electron chi connectivity index (χ0n) is 14.3. The number of rotatable bonds is 6. The van der Waals surface area contributed by atoms with E-state index in [1.807, 2.05) is 54.0 Å². The van der Waals surface area contributed by atoms with E-state index in [4.69, 9.17) is 23.8 Å². The Kier molecular flexibility index (Phi) is 5.85. The van der Waals surface area contributed by atoms with Crippen LogP contribution in [0.4, 0.5) is 0 Å². The minimum absolute atomic E-state index is 0.0525. The third-order valence-electron chi connectivity index (χ3n) is 3.98. The molecule has 1 amide bonds. The van der Waals surface area contributed by atoms with E-state index in [0.29, 0.717) is 29.3 Å². The minimum Gasteiger partial charge on any atom is -0.352 e. The second kappa shape index (κ2) is 8.29. The van der Waals surface area contributed by atoms with E-state index in [1.165, 1.54) is 0 Å². The molecule has 3 rings (SSSR count). The summed E-state index contributed by atoms with van der Waals surface area (Å²) in [5, 5.41) is 10.7. The Hall–Kier alpha value is -2.44. The van der Waals surface area contributed by atoms with Crippen LogP contribution in [0, 0.1) is 11.7 Å². The second-order valence-corrected chi connectivity index (χ2v) is 6.85. The van der Waals surface area contributed by atoms with Crippen LogP contribution in [-0.2, 0) is 17.9 Å². The van der Waals surface area contributed by atoms with Crippen LogP contribution in [-0.4, -0.2) is 20.7 Å². The van der Waals surface area contributed by atoms with E-state index in [1.54, 1.807) is 6.07 Å². The summed E-state index contributed by atoms with van der Waals surface area (Å²) in [6.45, 7) is 2.93. The van der Waals surface area contributed by atoms with E-state index in [2.05, 4.69) is 15.5 Å². The van der Waals surface area contributed by atoms with Gasteiger partial charge in [0.05, 0.1) is 0 Å². The monoisotopic (exact) mass is 386 g/mol. The van der Waals surface area contributed by atoms with Crippen molar-refractivity contribution in [2.75, 3.05) is 0 Å². The van der Waals surface area contributed by atoms with Crippen molar-refractivity contribution in [3.05, 3.63) is 69.5 Å². The number of hydrogen-bond acceptors (Lipinski definition) is 3. The van der Waals surface area contributed by atoms with Gasteiger partial charge in [0, 0.05) is 30.1 Å². The molecule has 0 aliphatic carbocycles. The van der Waals surface area contributed by atoms with Gasteiger partial charge in [0.15, 0.2) is 10.6 Å². The summed E-state index contributed by atoms with van der Waals surface area (Å²) in [5.41, 5.74) is 3.07. The third-order valence-corrected chi connectivity index (χ3v) is 4.52. The topological polar surface area (TPSA) is 62.7 Å². The fourth-order valence-corrected chi connectivity index (χ4v) is 3.12. The largest absolute Gasteiger partial charge is 0.352 e. The highest BCUT2D eigenvalue weighted by Gasteiger charge is 2.11. The van der Waals surface area contributed by atoms with E-state index in [9.17, 15) is 4.79 Å². The van der Waals surface area contributed by atoms with Gasteiger partial charge >= 0.3 is 0 Å². The smallest absolute Gasteiger partial charge is 0.222 e. The third kappa shape index (κ3) is 4.59. The van der Waals surface area contributed by atoms with Gasteiger partial charge in [0.1, 0.15) is 0 Å². The summed E-state index contributed by atoms with van der Waals surface area (Å²) in [6, 6.07) is 15.5. The van der Waals surface area contributed by atoms with Crippen molar-refractivity contribution in [1.82, 2.24) is 20.1 Å². The molecule has 0 atom stereocenters. The number of nitrogens with one attached hydrogen (secondary N) is 2. The van der Waals surface area contributed by atoms with Crippen LogP contribution < -0.4 is 5.32 Å². The van der Waals surface area contributed by atoms with E-state index in [-0.39, 0.29) is 5.91 Å². The van der Waals surface area contributed by atoms with Gasteiger partial charge in [-0.15, -0.1) is 0 Å². The number of nitrogens with zero attached hydrogens (tertiary/aromatic N) is 2. The molecule has 0 saturated heterocycles. The van der Waals surface area contributed by atoms with Crippen LogP contribution in [0.25, 0.3) is 11.4 Å². The van der Waals surface area contributed by atoms with Gasteiger partial charge in [0.2, 0.25) is 5.91 Å². The molecular weight excluding hydrogens is 368 g/mol. The van der Waals surface area contributed by atoms with Crippen LogP contribution in [0.3, 0.4) is 0 Å². The summed E-state index contributed by atoms with van der Waals surface area (Å²) in [6.07, 6.45) is 0.313. The maximum absolute atomic E-state index is 12.2. The van der Waals surface area contributed by atoms with Crippen LogP contribution in [0.1, 0.15) is 17.5 Å². The molecule has 2 aromatic carbocycles. The van der Waals surface area contributed by atoms with Crippen molar-refractivity contribution in [3.8, 4) is 11.4 Å². The number of H-pyrrole nitrogens is 1. The Morgan fingerprint density at radius 1 is 1.27 bits per heavy atom. The highest BCUT2D eigenvalue weighted by Crippen LogP contribution is 2.19. The lowest BCUT2D eigenvalue weighted by Gasteiger charge is -2.09. The first kappa shape index (κ1) is 18.4. The molecule has 0 aliphatic rings. The zero-order chi connectivity index (χ0) is 18.5.